The Hall–Kier alpha value is -1.14. The minimum Gasteiger partial charge on any atom is -0.463 e. The maximum atomic E-state index is 12.8. The molecular weight excluding hydrogens is 396 g/mol. The molecule has 1 N–H and O–H groups in total. The van der Waals surface area contributed by atoms with Gasteiger partial charge in [0.1, 0.15) is 12.2 Å². The van der Waals surface area contributed by atoms with Gasteiger partial charge in [0.2, 0.25) is 0 Å². The van der Waals surface area contributed by atoms with Crippen LogP contribution in [-0.2, 0) is 23.8 Å². The van der Waals surface area contributed by atoms with Crippen molar-refractivity contribution in [3.8, 4) is 0 Å². The molecule has 4 fully saturated rings. The third-order valence-corrected chi connectivity index (χ3v) is 8.61. The highest BCUT2D eigenvalue weighted by Crippen LogP contribution is 2.63. The molecule has 4 bridgehead atoms. The topological polar surface area (TPSA) is 82.1 Å². The molecule has 2 aliphatic carbocycles. The summed E-state index contributed by atoms with van der Waals surface area (Å²) in [5.74, 6) is 2.00. The Bertz CT molecular complexity index is 697. The molecular formula is C25H40O6. The van der Waals surface area contributed by atoms with Gasteiger partial charge >= 0.3 is 11.9 Å². The lowest BCUT2D eigenvalue weighted by Crippen LogP contribution is -2.45. The minimum absolute atomic E-state index is 0.00147. The van der Waals surface area contributed by atoms with Crippen molar-refractivity contribution in [2.45, 2.75) is 91.1 Å². The van der Waals surface area contributed by atoms with Crippen LogP contribution in [0.3, 0.4) is 0 Å². The minimum atomic E-state index is -0.603. The van der Waals surface area contributed by atoms with E-state index in [4.69, 9.17) is 14.2 Å². The smallest absolute Gasteiger partial charge is 0.311 e. The molecule has 176 valence electrons. The second-order valence-corrected chi connectivity index (χ2v) is 11.6. The Morgan fingerprint density at radius 1 is 1.03 bits per heavy atom. The summed E-state index contributed by atoms with van der Waals surface area (Å²) >= 11 is 0. The van der Waals surface area contributed by atoms with Crippen LogP contribution in [0.4, 0.5) is 0 Å². The number of aliphatic hydroxyl groups is 1. The molecule has 0 aromatic rings. The molecule has 11 unspecified atom stereocenters. The zero-order valence-electron chi connectivity index (χ0n) is 19.9. The van der Waals surface area contributed by atoms with Crippen molar-refractivity contribution >= 4 is 11.9 Å². The van der Waals surface area contributed by atoms with Crippen LogP contribution >= 0.6 is 0 Å². The Morgan fingerprint density at radius 2 is 1.74 bits per heavy atom. The molecule has 2 heterocycles. The van der Waals surface area contributed by atoms with E-state index in [1.807, 2.05) is 27.7 Å². The Balaban J connectivity index is 1.43. The lowest BCUT2D eigenvalue weighted by Gasteiger charge is -2.42. The van der Waals surface area contributed by atoms with Gasteiger partial charge in [0.15, 0.2) is 0 Å². The van der Waals surface area contributed by atoms with Crippen molar-refractivity contribution in [3.63, 3.8) is 0 Å². The van der Waals surface area contributed by atoms with E-state index in [0.717, 1.165) is 19.3 Å². The van der Waals surface area contributed by atoms with Crippen LogP contribution in [-0.4, -0.2) is 47.6 Å². The number of carbonyl (C=O) groups excluding carboxylic acids is 2. The highest BCUT2D eigenvalue weighted by molar-refractivity contribution is 5.74. The summed E-state index contributed by atoms with van der Waals surface area (Å²) in [6.45, 7) is 12.3. The monoisotopic (exact) mass is 436 g/mol. The highest BCUT2D eigenvalue weighted by Gasteiger charge is 2.63. The fourth-order valence-electron chi connectivity index (χ4n) is 7.22. The molecule has 4 aliphatic rings. The van der Waals surface area contributed by atoms with Crippen molar-refractivity contribution < 1.29 is 28.9 Å². The van der Waals surface area contributed by atoms with E-state index in [1.54, 1.807) is 0 Å². The standard InChI is InChI=1S/C25H40O6/c1-7-15(26)11-29-23(27)18-10-19-13(3)21(22(18)30-19)20-12(2)16-8-14(20)9-17(16)24(28)31-25(4,5)6/h12-22,26H,7-11H2,1-6H3. The molecule has 2 saturated carbocycles. The summed E-state index contributed by atoms with van der Waals surface area (Å²) in [5.41, 5.74) is -0.451. The van der Waals surface area contributed by atoms with Crippen LogP contribution in [0.2, 0.25) is 0 Å². The molecule has 0 amide bonds. The summed E-state index contributed by atoms with van der Waals surface area (Å²) in [7, 11) is 0. The molecule has 2 aliphatic heterocycles. The number of esters is 2. The normalized spacial score (nSPS) is 44.5. The van der Waals surface area contributed by atoms with E-state index in [0.29, 0.717) is 41.9 Å². The van der Waals surface area contributed by atoms with E-state index in [2.05, 4.69) is 13.8 Å². The highest BCUT2D eigenvalue weighted by atomic mass is 16.6. The fourth-order valence-corrected chi connectivity index (χ4v) is 7.22. The quantitative estimate of drug-likeness (QED) is 0.641. The van der Waals surface area contributed by atoms with Gasteiger partial charge in [0.05, 0.1) is 30.1 Å². The van der Waals surface area contributed by atoms with E-state index in [9.17, 15) is 14.7 Å². The number of carbonyl (C=O) groups is 2. The van der Waals surface area contributed by atoms with E-state index < -0.39 is 11.7 Å². The lowest BCUT2D eigenvalue weighted by molar-refractivity contribution is -0.163. The summed E-state index contributed by atoms with van der Waals surface area (Å²) in [6.07, 6.45) is 2.67. The first-order valence-corrected chi connectivity index (χ1v) is 12.2. The van der Waals surface area contributed by atoms with Crippen molar-refractivity contribution in [1.82, 2.24) is 0 Å². The summed E-state index contributed by atoms with van der Waals surface area (Å²) in [5, 5.41) is 9.75. The van der Waals surface area contributed by atoms with Crippen LogP contribution < -0.4 is 0 Å². The third-order valence-electron chi connectivity index (χ3n) is 8.61. The molecule has 0 spiro atoms. The molecule has 11 atom stereocenters. The van der Waals surface area contributed by atoms with E-state index in [1.165, 1.54) is 0 Å². The van der Waals surface area contributed by atoms with Crippen LogP contribution in [0, 0.1) is 47.3 Å². The number of hydrogen-bond acceptors (Lipinski definition) is 6. The molecule has 6 heteroatoms. The zero-order valence-corrected chi connectivity index (χ0v) is 19.9. The van der Waals surface area contributed by atoms with E-state index in [-0.39, 0.29) is 42.6 Å². The van der Waals surface area contributed by atoms with Gasteiger partial charge in [-0.1, -0.05) is 20.8 Å². The molecule has 6 nitrogen and oxygen atoms in total. The number of fused-ring (bicyclic) bond motifs is 4. The van der Waals surface area contributed by atoms with Crippen LogP contribution in [0.5, 0.6) is 0 Å². The van der Waals surface area contributed by atoms with Gasteiger partial charge in [-0.25, -0.2) is 0 Å². The summed E-state index contributed by atoms with van der Waals surface area (Å²) in [6, 6.07) is 0. The maximum absolute atomic E-state index is 12.8. The predicted molar refractivity (Wildman–Crippen MR) is 115 cm³/mol. The molecule has 2 saturated heterocycles. The van der Waals surface area contributed by atoms with Crippen molar-refractivity contribution in [2.24, 2.45) is 47.3 Å². The average Bonchev–Trinajstić information content (AvgIpc) is 3.43. The van der Waals surface area contributed by atoms with Crippen LogP contribution in [0.1, 0.15) is 67.2 Å². The number of rotatable bonds is 6. The SMILES string of the molecule is CCC(O)COC(=O)C1CC2OC1C(C1C3CC(C(=O)OC(C)(C)C)C(C3)C1C)C2C. The Morgan fingerprint density at radius 3 is 2.32 bits per heavy atom. The second kappa shape index (κ2) is 8.33. The van der Waals surface area contributed by atoms with Crippen LogP contribution in [0.25, 0.3) is 0 Å². The lowest BCUT2D eigenvalue weighted by atomic mass is 9.61. The molecule has 31 heavy (non-hydrogen) atoms. The maximum Gasteiger partial charge on any atom is 0.311 e. The van der Waals surface area contributed by atoms with Gasteiger partial charge in [-0.2, -0.15) is 0 Å². The summed E-state index contributed by atoms with van der Waals surface area (Å²) in [4.78, 5) is 25.5. The molecule has 4 rings (SSSR count). The number of aliphatic hydroxyl groups excluding tert-OH is 1. The van der Waals surface area contributed by atoms with Crippen molar-refractivity contribution in [3.05, 3.63) is 0 Å². The van der Waals surface area contributed by atoms with Gasteiger partial charge in [0, 0.05) is 0 Å². The zero-order chi connectivity index (χ0) is 22.7. The molecule has 0 aromatic heterocycles. The first-order chi connectivity index (χ1) is 14.5. The Labute approximate surface area is 186 Å². The second-order valence-electron chi connectivity index (χ2n) is 11.6. The first-order valence-electron chi connectivity index (χ1n) is 12.2. The fraction of sp³-hybridized carbons (Fsp3) is 0.920. The average molecular weight is 437 g/mol. The molecule has 0 radical (unpaired) electrons. The van der Waals surface area contributed by atoms with Gasteiger partial charge in [0.25, 0.3) is 0 Å². The third kappa shape index (κ3) is 4.15. The first kappa shape index (κ1) is 23.0. The number of hydrogen-bond donors (Lipinski definition) is 1. The van der Waals surface area contributed by atoms with Crippen LogP contribution in [0.15, 0.2) is 0 Å². The van der Waals surface area contributed by atoms with Gasteiger partial charge in [-0.05, 0) is 82.0 Å². The van der Waals surface area contributed by atoms with Crippen molar-refractivity contribution in [1.29, 1.82) is 0 Å². The summed E-state index contributed by atoms with van der Waals surface area (Å²) < 4.78 is 17.5. The molecule has 0 aromatic carbocycles. The van der Waals surface area contributed by atoms with Gasteiger partial charge < -0.3 is 19.3 Å². The predicted octanol–water partition coefficient (Wildman–Crippen LogP) is 3.59. The van der Waals surface area contributed by atoms with E-state index >= 15 is 0 Å². The van der Waals surface area contributed by atoms with Crippen molar-refractivity contribution in [2.75, 3.05) is 6.61 Å². The van der Waals surface area contributed by atoms with Gasteiger partial charge in [-0.3, -0.25) is 9.59 Å². The Kier molecular flexibility index (Phi) is 6.19. The van der Waals surface area contributed by atoms with Gasteiger partial charge in [-0.15, -0.1) is 0 Å². The number of ether oxygens (including phenoxy) is 3. The largest absolute Gasteiger partial charge is 0.463 e.